The monoisotopic (exact) mass is 204 g/mol. The van der Waals surface area contributed by atoms with Crippen LogP contribution >= 0.6 is 0 Å². The molecule has 0 radical (unpaired) electrons. The van der Waals surface area contributed by atoms with Gasteiger partial charge in [-0.1, -0.05) is 26.0 Å². The van der Waals surface area contributed by atoms with Crippen LogP contribution in [0.1, 0.15) is 33.6 Å². The Hall–Kier alpha value is -1.18. The number of hydrogen-bond acceptors (Lipinski definition) is 2. The third-order valence-corrected chi connectivity index (χ3v) is 3.51. The maximum Gasteiger partial charge on any atom is 0.182 e. The summed E-state index contributed by atoms with van der Waals surface area (Å²) < 4.78 is 0. The van der Waals surface area contributed by atoms with Crippen LogP contribution in [0.4, 0.5) is 0 Å². The van der Waals surface area contributed by atoms with Gasteiger partial charge in [-0.2, -0.15) is 0 Å². The van der Waals surface area contributed by atoms with Gasteiger partial charge in [0, 0.05) is 5.57 Å². The van der Waals surface area contributed by atoms with Gasteiger partial charge in [-0.15, -0.1) is 0 Å². The van der Waals surface area contributed by atoms with E-state index in [0.29, 0.717) is 5.57 Å². The average molecular weight is 204 g/mol. The maximum absolute atomic E-state index is 11.8. The van der Waals surface area contributed by atoms with Crippen molar-refractivity contribution >= 4 is 11.6 Å². The summed E-state index contributed by atoms with van der Waals surface area (Å²) in [5.74, 6) is 0.101. The third kappa shape index (κ3) is 1.39. The van der Waals surface area contributed by atoms with Crippen molar-refractivity contribution < 1.29 is 9.59 Å². The van der Waals surface area contributed by atoms with E-state index >= 15 is 0 Å². The molecule has 15 heavy (non-hydrogen) atoms. The van der Waals surface area contributed by atoms with Crippen LogP contribution in [0.5, 0.6) is 0 Å². The molecule has 0 N–H and O–H groups in total. The summed E-state index contributed by atoms with van der Waals surface area (Å²) in [7, 11) is 0. The van der Waals surface area contributed by atoms with Gasteiger partial charge in [0.05, 0.1) is 5.41 Å². The van der Waals surface area contributed by atoms with Crippen molar-refractivity contribution in [3.63, 3.8) is 0 Å². The zero-order valence-corrected chi connectivity index (χ0v) is 9.46. The lowest BCUT2D eigenvalue weighted by Gasteiger charge is -2.39. The number of rotatable bonds is 1. The number of fused-ring (bicyclic) bond motifs is 1. The Morgan fingerprint density at radius 1 is 1.40 bits per heavy atom. The summed E-state index contributed by atoms with van der Waals surface area (Å²) >= 11 is 0. The lowest BCUT2D eigenvalue weighted by molar-refractivity contribution is -0.125. The molecule has 0 aromatic heterocycles. The molecule has 2 aliphatic carbocycles. The Balaban J connectivity index is 2.54. The molecule has 0 spiro atoms. The highest BCUT2D eigenvalue weighted by Gasteiger charge is 2.48. The van der Waals surface area contributed by atoms with Gasteiger partial charge in [-0.3, -0.25) is 9.59 Å². The number of hydrogen-bond donors (Lipinski definition) is 0. The SMILES string of the molecule is CC(=O)C12C=CC(=O)C1=CCC(C)(C)C2. The minimum atomic E-state index is -0.612. The van der Waals surface area contributed by atoms with E-state index in [1.54, 1.807) is 19.1 Å². The molecule has 0 amide bonds. The van der Waals surface area contributed by atoms with E-state index in [1.165, 1.54) is 0 Å². The van der Waals surface area contributed by atoms with Gasteiger partial charge in [0.15, 0.2) is 5.78 Å². The molecule has 0 aliphatic heterocycles. The summed E-state index contributed by atoms with van der Waals surface area (Å²) in [4.78, 5) is 23.4. The maximum atomic E-state index is 11.8. The van der Waals surface area contributed by atoms with Crippen LogP contribution in [0, 0.1) is 10.8 Å². The van der Waals surface area contributed by atoms with Crippen LogP contribution in [0.2, 0.25) is 0 Å². The van der Waals surface area contributed by atoms with E-state index < -0.39 is 5.41 Å². The second kappa shape index (κ2) is 2.91. The summed E-state index contributed by atoms with van der Waals surface area (Å²) in [5.41, 5.74) is 0.192. The van der Waals surface area contributed by atoms with E-state index in [9.17, 15) is 9.59 Å². The van der Waals surface area contributed by atoms with Crippen molar-refractivity contribution in [1.29, 1.82) is 0 Å². The molecular weight excluding hydrogens is 188 g/mol. The predicted octanol–water partition coefficient (Wildman–Crippen LogP) is 2.45. The zero-order chi connectivity index (χ0) is 11.3. The molecule has 2 heteroatoms. The standard InChI is InChI=1S/C13H16O2/c1-9(14)13-7-5-11(15)10(13)4-6-12(2,3)8-13/h4-5,7H,6,8H2,1-3H3. The van der Waals surface area contributed by atoms with Gasteiger partial charge in [0.2, 0.25) is 0 Å². The van der Waals surface area contributed by atoms with Gasteiger partial charge in [0.1, 0.15) is 5.78 Å². The predicted molar refractivity (Wildman–Crippen MR) is 58.4 cm³/mol. The molecule has 0 saturated heterocycles. The van der Waals surface area contributed by atoms with E-state index in [4.69, 9.17) is 0 Å². The summed E-state index contributed by atoms with van der Waals surface area (Å²) in [6, 6.07) is 0. The fraction of sp³-hybridized carbons (Fsp3) is 0.538. The first-order valence-corrected chi connectivity index (χ1v) is 5.33. The second-order valence-electron chi connectivity index (χ2n) is 5.39. The topological polar surface area (TPSA) is 34.1 Å². The Kier molecular flexibility index (Phi) is 2.00. The van der Waals surface area contributed by atoms with E-state index in [0.717, 1.165) is 12.8 Å². The fourth-order valence-electron chi connectivity index (χ4n) is 2.69. The first-order valence-electron chi connectivity index (χ1n) is 5.33. The number of carbonyl (C=O) groups excluding carboxylic acids is 2. The van der Waals surface area contributed by atoms with Crippen LogP contribution in [0.15, 0.2) is 23.8 Å². The van der Waals surface area contributed by atoms with Crippen molar-refractivity contribution in [2.24, 2.45) is 10.8 Å². The van der Waals surface area contributed by atoms with E-state index in [2.05, 4.69) is 13.8 Å². The Morgan fingerprint density at radius 2 is 2.07 bits per heavy atom. The Labute approximate surface area is 90.1 Å². The fourth-order valence-corrected chi connectivity index (χ4v) is 2.69. The Morgan fingerprint density at radius 3 is 2.67 bits per heavy atom. The van der Waals surface area contributed by atoms with Gasteiger partial charge < -0.3 is 0 Å². The summed E-state index contributed by atoms with van der Waals surface area (Å²) in [5, 5.41) is 0. The highest BCUT2D eigenvalue weighted by Crippen LogP contribution is 2.50. The molecule has 0 saturated carbocycles. The van der Waals surface area contributed by atoms with Crippen molar-refractivity contribution in [2.45, 2.75) is 33.6 Å². The van der Waals surface area contributed by atoms with Crippen LogP contribution in [-0.2, 0) is 9.59 Å². The minimum Gasteiger partial charge on any atom is -0.299 e. The molecule has 0 bridgehead atoms. The van der Waals surface area contributed by atoms with Gasteiger partial charge in [0.25, 0.3) is 0 Å². The molecule has 2 nitrogen and oxygen atoms in total. The molecule has 0 heterocycles. The third-order valence-electron chi connectivity index (χ3n) is 3.51. The van der Waals surface area contributed by atoms with Crippen LogP contribution in [0.25, 0.3) is 0 Å². The van der Waals surface area contributed by atoms with Gasteiger partial charge in [-0.05, 0) is 31.3 Å². The minimum absolute atomic E-state index is 0.0145. The molecule has 0 fully saturated rings. The van der Waals surface area contributed by atoms with Crippen molar-refractivity contribution in [2.75, 3.05) is 0 Å². The smallest absolute Gasteiger partial charge is 0.182 e. The van der Waals surface area contributed by atoms with Gasteiger partial charge >= 0.3 is 0 Å². The average Bonchev–Trinajstić information content (AvgIpc) is 2.42. The highest BCUT2D eigenvalue weighted by atomic mass is 16.1. The summed E-state index contributed by atoms with van der Waals surface area (Å²) in [6.07, 6.45) is 6.93. The lowest BCUT2D eigenvalue weighted by Crippen LogP contribution is -2.37. The lowest BCUT2D eigenvalue weighted by atomic mass is 9.63. The Bertz CT molecular complexity index is 399. The molecular formula is C13H16O2. The molecule has 80 valence electrons. The van der Waals surface area contributed by atoms with Crippen LogP contribution in [0.3, 0.4) is 0 Å². The number of ketones is 2. The molecule has 0 aromatic rings. The van der Waals surface area contributed by atoms with Crippen LogP contribution < -0.4 is 0 Å². The summed E-state index contributed by atoms with van der Waals surface area (Å²) in [6.45, 7) is 5.86. The van der Waals surface area contributed by atoms with Crippen molar-refractivity contribution in [3.8, 4) is 0 Å². The largest absolute Gasteiger partial charge is 0.299 e. The molecule has 0 aromatic carbocycles. The van der Waals surface area contributed by atoms with E-state index in [-0.39, 0.29) is 17.0 Å². The van der Waals surface area contributed by atoms with Gasteiger partial charge in [-0.25, -0.2) is 0 Å². The highest BCUT2D eigenvalue weighted by molar-refractivity contribution is 6.14. The van der Waals surface area contributed by atoms with E-state index in [1.807, 2.05) is 6.08 Å². The molecule has 1 atom stereocenters. The number of carbonyl (C=O) groups is 2. The number of allylic oxidation sites excluding steroid dienone is 4. The zero-order valence-electron chi connectivity index (χ0n) is 9.46. The number of Topliss-reactive ketones (excluding diaryl/α,β-unsaturated/α-hetero) is 1. The van der Waals surface area contributed by atoms with Crippen LogP contribution in [-0.4, -0.2) is 11.6 Å². The first kappa shape index (κ1) is 10.3. The second-order valence-corrected chi connectivity index (χ2v) is 5.39. The molecule has 2 rings (SSSR count). The molecule has 2 aliphatic rings. The van der Waals surface area contributed by atoms with Crippen molar-refractivity contribution in [1.82, 2.24) is 0 Å². The molecule has 1 unspecified atom stereocenters. The quantitative estimate of drug-likeness (QED) is 0.657. The normalized spacial score (nSPS) is 32.5. The van der Waals surface area contributed by atoms with Crippen molar-refractivity contribution in [3.05, 3.63) is 23.8 Å². The first-order chi connectivity index (χ1) is 6.87.